The van der Waals surface area contributed by atoms with Gasteiger partial charge in [-0.1, -0.05) is 36.4 Å². The molecule has 148 valence electrons. The number of hydrogen-bond donors (Lipinski definition) is 1. The van der Waals surface area contributed by atoms with Crippen molar-refractivity contribution >= 4 is 17.5 Å². The standard InChI is InChI=1S/C23H23N3O3/c1-26(19-9-4-3-5-10-19)23(28)20-16-18(13-14-24-20)22(27)25-15-12-17-8-6-7-11-21(17)29-2/h3-11,13-14,16H,12,15H2,1-2H3,(H,25,27). The van der Waals surface area contributed by atoms with Gasteiger partial charge in [0.25, 0.3) is 11.8 Å². The van der Waals surface area contributed by atoms with E-state index in [1.807, 2.05) is 54.6 Å². The van der Waals surface area contributed by atoms with Crippen LogP contribution in [0.1, 0.15) is 26.4 Å². The van der Waals surface area contributed by atoms with Crippen molar-refractivity contribution < 1.29 is 14.3 Å². The van der Waals surface area contributed by atoms with Crippen LogP contribution in [0.3, 0.4) is 0 Å². The van der Waals surface area contributed by atoms with E-state index < -0.39 is 0 Å². The van der Waals surface area contributed by atoms with E-state index in [-0.39, 0.29) is 17.5 Å². The third kappa shape index (κ3) is 4.99. The molecular weight excluding hydrogens is 366 g/mol. The number of pyridine rings is 1. The lowest BCUT2D eigenvalue weighted by Gasteiger charge is -2.17. The molecule has 1 heterocycles. The van der Waals surface area contributed by atoms with Crippen molar-refractivity contribution in [1.29, 1.82) is 0 Å². The Morgan fingerprint density at radius 1 is 1.03 bits per heavy atom. The maximum absolute atomic E-state index is 12.7. The van der Waals surface area contributed by atoms with Gasteiger partial charge in [-0.25, -0.2) is 0 Å². The van der Waals surface area contributed by atoms with Gasteiger partial charge in [0.2, 0.25) is 0 Å². The first-order chi connectivity index (χ1) is 14.1. The average Bonchev–Trinajstić information content (AvgIpc) is 2.79. The van der Waals surface area contributed by atoms with Crippen molar-refractivity contribution in [1.82, 2.24) is 10.3 Å². The number of ether oxygens (including phenoxy) is 1. The van der Waals surface area contributed by atoms with Crippen molar-refractivity contribution in [2.75, 3.05) is 25.6 Å². The molecule has 0 saturated heterocycles. The van der Waals surface area contributed by atoms with E-state index in [1.165, 1.54) is 17.2 Å². The molecule has 1 N–H and O–H groups in total. The smallest absolute Gasteiger partial charge is 0.276 e. The molecule has 0 saturated carbocycles. The molecule has 0 bridgehead atoms. The summed E-state index contributed by atoms with van der Waals surface area (Å²) in [5.41, 5.74) is 2.38. The third-order valence-electron chi connectivity index (χ3n) is 4.56. The van der Waals surface area contributed by atoms with Crippen LogP contribution in [0.5, 0.6) is 5.75 Å². The van der Waals surface area contributed by atoms with E-state index in [0.29, 0.717) is 18.5 Å². The van der Waals surface area contributed by atoms with Gasteiger partial charge in [-0.05, 0) is 42.3 Å². The summed E-state index contributed by atoms with van der Waals surface area (Å²) in [7, 11) is 3.30. The first kappa shape index (κ1) is 20.1. The van der Waals surface area contributed by atoms with Gasteiger partial charge in [0, 0.05) is 31.0 Å². The second-order valence-corrected chi connectivity index (χ2v) is 6.45. The molecule has 2 amide bonds. The normalized spacial score (nSPS) is 10.3. The van der Waals surface area contributed by atoms with E-state index in [4.69, 9.17) is 4.74 Å². The molecular formula is C23H23N3O3. The Hall–Kier alpha value is -3.67. The van der Waals surface area contributed by atoms with Crippen LogP contribution in [0.25, 0.3) is 0 Å². The molecule has 3 aromatic rings. The first-order valence-electron chi connectivity index (χ1n) is 9.29. The SMILES string of the molecule is COc1ccccc1CCNC(=O)c1ccnc(C(=O)N(C)c2ccccc2)c1. The van der Waals surface area contributed by atoms with E-state index >= 15 is 0 Å². The summed E-state index contributed by atoms with van der Waals surface area (Å²) in [6.45, 7) is 0.453. The van der Waals surface area contributed by atoms with Crippen molar-refractivity contribution in [2.45, 2.75) is 6.42 Å². The van der Waals surface area contributed by atoms with Gasteiger partial charge in [0.15, 0.2) is 0 Å². The highest BCUT2D eigenvalue weighted by Crippen LogP contribution is 2.17. The zero-order chi connectivity index (χ0) is 20.6. The van der Waals surface area contributed by atoms with E-state index in [1.54, 1.807) is 20.2 Å². The van der Waals surface area contributed by atoms with E-state index in [2.05, 4.69) is 10.3 Å². The molecule has 0 aliphatic rings. The minimum Gasteiger partial charge on any atom is -0.496 e. The zero-order valence-corrected chi connectivity index (χ0v) is 16.5. The summed E-state index contributed by atoms with van der Waals surface area (Å²) in [4.78, 5) is 30.9. The number of amides is 2. The minimum absolute atomic E-state index is 0.216. The van der Waals surface area contributed by atoms with Gasteiger partial charge in [0.05, 0.1) is 7.11 Å². The molecule has 29 heavy (non-hydrogen) atoms. The third-order valence-corrected chi connectivity index (χ3v) is 4.56. The highest BCUT2D eigenvalue weighted by Gasteiger charge is 2.16. The molecule has 0 unspecified atom stereocenters. The lowest BCUT2D eigenvalue weighted by molar-refractivity contribution is 0.0954. The molecule has 2 aromatic carbocycles. The summed E-state index contributed by atoms with van der Waals surface area (Å²) in [5.74, 6) is 0.265. The van der Waals surface area contributed by atoms with Crippen LogP contribution < -0.4 is 15.0 Å². The monoisotopic (exact) mass is 389 g/mol. The lowest BCUT2D eigenvalue weighted by atomic mass is 10.1. The molecule has 1 aromatic heterocycles. The summed E-state index contributed by atoms with van der Waals surface area (Å²) in [5, 5.41) is 2.88. The number of hydrogen-bond acceptors (Lipinski definition) is 4. The first-order valence-corrected chi connectivity index (χ1v) is 9.29. The second kappa shape index (κ2) is 9.50. The van der Waals surface area contributed by atoms with E-state index in [0.717, 1.165) is 17.0 Å². The second-order valence-electron chi connectivity index (χ2n) is 6.45. The Morgan fingerprint density at radius 3 is 2.52 bits per heavy atom. The predicted molar refractivity (Wildman–Crippen MR) is 112 cm³/mol. The topological polar surface area (TPSA) is 71.5 Å². The molecule has 0 radical (unpaired) electrons. The van der Waals surface area contributed by atoms with Gasteiger partial charge in [-0.3, -0.25) is 14.6 Å². The van der Waals surface area contributed by atoms with Crippen LogP contribution in [0.15, 0.2) is 72.9 Å². The molecule has 0 aliphatic heterocycles. The van der Waals surface area contributed by atoms with Crippen molar-refractivity contribution in [3.63, 3.8) is 0 Å². The number of nitrogens with one attached hydrogen (secondary N) is 1. The molecule has 0 aliphatic carbocycles. The summed E-state index contributed by atoms with van der Waals surface area (Å²) >= 11 is 0. The van der Waals surface area contributed by atoms with Crippen molar-refractivity contribution in [3.8, 4) is 5.75 Å². The number of para-hydroxylation sites is 2. The van der Waals surface area contributed by atoms with Crippen LogP contribution >= 0.6 is 0 Å². The average molecular weight is 389 g/mol. The van der Waals surface area contributed by atoms with Crippen molar-refractivity contribution in [2.24, 2.45) is 0 Å². The molecule has 0 fully saturated rings. The van der Waals surface area contributed by atoms with Gasteiger partial charge in [0.1, 0.15) is 11.4 Å². The number of methoxy groups -OCH3 is 1. The van der Waals surface area contributed by atoms with Crippen LogP contribution in [0.4, 0.5) is 5.69 Å². The van der Waals surface area contributed by atoms with Crippen LogP contribution in [0.2, 0.25) is 0 Å². The maximum atomic E-state index is 12.7. The van der Waals surface area contributed by atoms with Crippen molar-refractivity contribution in [3.05, 3.63) is 89.7 Å². The Balaban J connectivity index is 1.64. The highest BCUT2D eigenvalue weighted by molar-refractivity contribution is 6.06. The number of anilines is 1. The lowest BCUT2D eigenvalue weighted by Crippen LogP contribution is -2.29. The molecule has 6 nitrogen and oxygen atoms in total. The Bertz CT molecular complexity index is 989. The van der Waals surface area contributed by atoms with Gasteiger partial charge in [-0.15, -0.1) is 0 Å². The highest BCUT2D eigenvalue weighted by atomic mass is 16.5. The fourth-order valence-electron chi connectivity index (χ4n) is 2.95. The summed E-state index contributed by atoms with van der Waals surface area (Å²) in [6, 6.07) is 20.1. The largest absolute Gasteiger partial charge is 0.496 e. The zero-order valence-electron chi connectivity index (χ0n) is 16.5. The molecule has 0 atom stereocenters. The van der Waals surface area contributed by atoms with Gasteiger partial charge in [-0.2, -0.15) is 0 Å². The van der Waals surface area contributed by atoms with Gasteiger partial charge >= 0.3 is 0 Å². The maximum Gasteiger partial charge on any atom is 0.276 e. The quantitative estimate of drug-likeness (QED) is 0.673. The van der Waals surface area contributed by atoms with Crippen LogP contribution in [-0.4, -0.2) is 37.5 Å². The molecule has 0 spiro atoms. The Morgan fingerprint density at radius 2 is 1.76 bits per heavy atom. The number of carbonyl (C=O) groups excluding carboxylic acids is 2. The fraction of sp³-hybridized carbons (Fsp3) is 0.174. The van der Waals surface area contributed by atoms with Gasteiger partial charge < -0.3 is 15.0 Å². The minimum atomic E-state index is -0.278. The Labute approximate surface area is 170 Å². The summed E-state index contributed by atoms with van der Waals surface area (Å²) in [6.07, 6.45) is 2.12. The Kier molecular flexibility index (Phi) is 6.58. The number of aromatic nitrogens is 1. The van der Waals surface area contributed by atoms with E-state index in [9.17, 15) is 9.59 Å². The fourth-order valence-corrected chi connectivity index (χ4v) is 2.95. The number of nitrogens with zero attached hydrogens (tertiary/aromatic N) is 2. The van der Waals surface area contributed by atoms with Crippen LogP contribution in [0, 0.1) is 0 Å². The predicted octanol–water partition coefficient (Wildman–Crippen LogP) is 3.34. The molecule has 3 rings (SSSR count). The number of benzene rings is 2. The number of rotatable bonds is 7. The molecule has 6 heteroatoms. The number of carbonyl (C=O) groups is 2. The van der Waals surface area contributed by atoms with Crippen LogP contribution in [-0.2, 0) is 6.42 Å². The summed E-state index contributed by atoms with van der Waals surface area (Å²) < 4.78 is 5.33.